The fraction of sp³-hybridized carbons (Fsp3) is 0.909. The van der Waals surface area contributed by atoms with E-state index in [9.17, 15) is 13.2 Å². The van der Waals surface area contributed by atoms with Gasteiger partial charge >= 0.3 is 0 Å². The topological polar surface area (TPSA) is 72.9 Å². The number of hydrogen-bond acceptors (Lipinski definition) is 5. The van der Waals surface area contributed by atoms with Gasteiger partial charge in [-0.1, -0.05) is 0 Å². The molecular formula is C11H19NO5S. The minimum absolute atomic E-state index is 0.00590. The molecule has 0 aliphatic carbocycles. The average molecular weight is 277 g/mol. The van der Waals surface area contributed by atoms with Crippen molar-refractivity contribution >= 4 is 15.7 Å². The molecule has 2 saturated heterocycles. The van der Waals surface area contributed by atoms with Crippen LogP contribution in [0.15, 0.2) is 0 Å². The molecule has 0 aromatic carbocycles. The zero-order chi connectivity index (χ0) is 13.0. The Bertz CT molecular complexity index is 388. The summed E-state index contributed by atoms with van der Waals surface area (Å²) in [4.78, 5) is 17.2. The maximum atomic E-state index is 12.0. The first kappa shape index (κ1) is 13.8. The Morgan fingerprint density at radius 1 is 1.17 bits per heavy atom. The van der Waals surface area contributed by atoms with E-state index in [-0.39, 0.29) is 30.6 Å². The van der Waals surface area contributed by atoms with Crippen LogP contribution in [-0.4, -0.2) is 57.3 Å². The third-order valence-corrected chi connectivity index (χ3v) is 4.92. The molecule has 2 aliphatic rings. The number of ether oxygens (including phenoxy) is 1. The van der Waals surface area contributed by atoms with Crippen LogP contribution in [0.5, 0.6) is 0 Å². The van der Waals surface area contributed by atoms with Crippen molar-refractivity contribution in [2.75, 3.05) is 37.9 Å². The molecule has 0 unspecified atom stereocenters. The van der Waals surface area contributed by atoms with Gasteiger partial charge in [-0.05, 0) is 18.8 Å². The Kier molecular flexibility index (Phi) is 4.58. The van der Waals surface area contributed by atoms with E-state index in [4.69, 9.17) is 9.57 Å². The molecule has 2 rings (SSSR count). The molecule has 0 spiro atoms. The molecule has 0 saturated carbocycles. The van der Waals surface area contributed by atoms with Crippen molar-refractivity contribution in [2.24, 2.45) is 5.92 Å². The van der Waals surface area contributed by atoms with E-state index in [2.05, 4.69) is 0 Å². The van der Waals surface area contributed by atoms with E-state index in [0.717, 1.165) is 12.8 Å². The molecule has 0 aromatic rings. The number of hydrogen-bond donors (Lipinski definition) is 0. The Balaban J connectivity index is 1.84. The first-order valence-electron chi connectivity index (χ1n) is 6.28. The zero-order valence-electron chi connectivity index (χ0n) is 10.3. The third kappa shape index (κ3) is 3.93. The van der Waals surface area contributed by atoms with Gasteiger partial charge in [0.1, 0.15) is 0 Å². The first-order valence-corrected chi connectivity index (χ1v) is 8.10. The van der Waals surface area contributed by atoms with E-state index >= 15 is 0 Å². The standard InChI is InChI=1S/C11H19NO5S/c13-11(9-10-1-4-16-5-2-10)12-3-7-18(14,15)8-6-17-12/h10H,1-9H2. The number of sulfone groups is 1. The number of carbonyl (C=O) groups excluding carboxylic acids is 1. The van der Waals surface area contributed by atoms with Gasteiger partial charge in [0.15, 0.2) is 9.84 Å². The second-order valence-corrected chi connectivity index (χ2v) is 7.04. The number of nitrogens with zero attached hydrogens (tertiary/aromatic N) is 1. The monoisotopic (exact) mass is 277 g/mol. The lowest BCUT2D eigenvalue weighted by Gasteiger charge is -2.25. The molecule has 2 aliphatic heterocycles. The van der Waals surface area contributed by atoms with Gasteiger partial charge in [-0.2, -0.15) is 0 Å². The SMILES string of the molecule is O=C(CC1CCOCC1)N1CCS(=O)(=O)CCO1. The summed E-state index contributed by atoms with van der Waals surface area (Å²) in [6.07, 6.45) is 2.19. The summed E-state index contributed by atoms with van der Waals surface area (Å²) in [5.41, 5.74) is 0. The lowest BCUT2D eigenvalue weighted by atomic mass is 9.96. The second-order valence-electron chi connectivity index (χ2n) is 4.74. The minimum Gasteiger partial charge on any atom is -0.381 e. The van der Waals surface area contributed by atoms with Crippen LogP contribution in [-0.2, 0) is 24.2 Å². The van der Waals surface area contributed by atoms with Crippen LogP contribution in [0.4, 0.5) is 0 Å². The molecule has 2 heterocycles. The molecule has 0 atom stereocenters. The van der Waals surface area contributed by atoms with Gasteiger partial charge in [0.25, 0.3) is 0 Å². The quantitative estimate of drug-likeness (QED) is 0.710. The van der Waals surface area contributed by atoms with Crippen molar-refractivity contribution in [2.45, 2.75) is 19.3 Å². The Morgan fingerprint density at radius 3 is 2.61 bits per heavy atom. The molecule has 0 aromatic heterocycles. The molecule has 7 heteroatoms. The minimum atomic E-state index is -3.06. The number of hydroxylamine groups is 2. The van der Waals surface area contributed by atoms with Gasteiger partial charge in [-0.3, -0.25) is 9.63 Å². The molecule has 2 fully saturated rings. The summed E-state index contributed by atoms with van der Waals surface area (Å²) in [6.45, 7) is 1.62. The van der Waals surface area contributed by atoms with Crippen LogP contribution < -0.4 is 0 Å². The highest BCUT2D eigenvalue weighted by Gasteiger charge is 2.26. The van der Waals surface area contributed by atoms with Gasteiger partial charge in [-0.25, -0.2) is 13.5 Å². The van der Waals surface area contributed by atoms with Crippen LogP contribution in [0, 0.1) is 5.92 Å². The highest BCUT2D eigenvalue weighted by Crippen LogP contribution is 2.20. The van der Waals surface area contributed by atoms with Crippen molar-refractivity contribution in [1.82, 2.24) is 5.06 Å². The fourth-order valence-corrected chi connectivity index (χ4v) is 3.14. The van der Waals surface area contributed by atoms with Gasteiger partial charge in [0.2, 0.25) is 5.91 Å². The predicted molar refractivity (Wildman–Crippen MR) is 64.5 cm³/mol. The Labute approximate surface area is 107 Å². The molecule has 0 N–H and O–H groups in total. The van der Waals surface area contributed by atoms with Crippen molar-refractivity contribution in [3.05, 3.63) is 0 Å². The van der Waals surface area contributed by atoms with Crippen molar-refractivity contribution in [1.29, 1.82) is 0 Å². The highest BCUT2D eigenvalue weighted by molar-refractivity contribution is 7.91. The van der Waals surface area contributed by atoms with Crippen LogP contribution in [0.3, 0.4) is 0 Å². The van der Waals surface area contributed by atoms with E-state index in [0.29, 0.717) is 25.6 Å². The van der Waals surface area contributed by atoms with E-state index in [1.807, 2.05) is 0 Å². The van der Waals surface area contributed by atoms with Gasteiger partial charge in [0, 0.05) is 19.6 Å². The smallest absolute Gasteiger partial charge is 0.246 e. The molecule has 104 valence electrons. The van der Waals surface area contributed by atoms with Crippen LogP contribution in [0.1, 0.15) is 19.3 Å². The molecule has 18 heavy (non-hydrogen) atoms. The summed E-state index contributed by atoms with van der Waals surface area (Å²) in [5.74, 6) is 0.203. The molecular weight excluding hydrogens is 258 g/mol. The molecule has 6 nitrogen and oxygen atoms in total. The van der Waals surface area contributed by atoms with Crippen LogP contribution in [0.25, 0.3) is 0 Å². The third-order valence-electron chi connectivity index (χ3n) is 3.33. The lowest BCUT2D eigenvalue weighted by Crippen LogP contribution is -2.34. The highest BCUT2D eigenvalue weighted by atomic mass is 32.2. The molecule has 0 radical (unpaired) electrons. The molecule has 0 bridgehead atoms. The van der Waals surface area contributed by atoms with E-state index in [1.54, 1.807) is 0 Å². The Morgan fingerprint density at radius 2 is 1.89 bits per heavy atom. The maximum Gasteiger partial charge on any atom is 0.246 e. The van der Waals surface area contributed by atoms with Gasteiger partial charge in [-0.15, -0.1) is 0 Å². The van der Waals surface area contributed by atoms with E-state index in [1.165, 1.54) is 5.06 Å². The number of carbonyl (C=O) groups is 1. The number of rotatable bonds is 2. The van der Waals surface area contributed by atoms with E-state index < -0.39 is 9.84 Å². The van der Waals surface area contributed by atoms with Crippen molar-refractivity contribution in [3.8, 4) is 0 Å². The molecule has 1 amide bonds. The largest absolute Gasteiger partial charge is 0.381 e. The number of amides is 1. The fourth-order valence-electron chi connectivity index (χ4n) is 2.16. The lowest BCUT2D eigenvalue weighted by molar-refractivity contribution is -0.183. The summed E-state index contributed by atoms with van der Waals surface area (Å²) in [6, 6.07) is 0. The van der Waals surface area contributed by atoms with Crippen LogP contribution >= 0.6 is 0 Å². The van der Waals surface area contributed by atoms with Crippen molar-refractivity contribution in [3.63, 3.8) is 0 Å². The van der Waals surface area contributed by atoms with Crippen LogP contribution in [0.2, 0.25) is 0 Å². The predicted octanol–water partition coefficient (Wildman–Crippen LogP) is -0.00830. The Hall–Kier alpha value is -0.660. The average Bonchev–Trinajstić information content (AvgIpc) is 2.51. The van der Waals surface area contributed by atoms with Crippen molar-refractivity contribution < 1.29 is 22.8 Å². The maximum absolute atomic E-state index is 12.0. The second kappa shape index (κ2) is 5.99. The van der Waals surface area contributed by atoms with Gasteiger partial charge < -0.3 is 4.74 Å². The first-order chi connectivity index (χ1) is 8.57. The zero-order valence-corrected chi connectivity index (χ0v) is 11.2. The summed E-state index contributed by atoms with van der Waals surface area (Å²) >= 11 is 0. The summed E-state index contributed by atoms with van der Waals surface area (Å²) in [5, 5.41) is 1.22. The normalized spacial score (nSPS) is 25.7. The summed E-state index contributed by atoms with van der Waals surface area (Å²) < 4.78 is 28.0. The summed E-state index contributed by atoms with van der Waals surface area (Å²) in [7, 11) is -3.06. The van der Waals surface area contributed by atoms with Gasteiger partial charge in [0.05, 0.1) is 24.7 Å².